The second kappa shape index (κ2) is 5.19. The highest BCUT2D eigenvalue weighted by atomic mass is 35.5. The fraction of sp³-hybridized carbons (Fsp3) is 0. The summed E-state index contributed by atoms with van der Waals surface area (Å²) in [6.07, 6.45) is 3.93. The van der Waals surface area contributed by atoms with E-state index in [1.807, 2.05) is 30.6 Å². The van der Waals surface area contributed by atoms with Gasteiger partial charge in [0.15, 0.2) is 0 Å². The average molecular weight is 367 g/mol. The fourth-order valence-electron chi connectivity index (χ4n) is 3.55. The molecule has 3 nitrogen and oxygen atoms in total. The van der Waals surface area contributed by atoms with Gasteiger partial charge in [-0.1, -0.05) is 35.3 Å². The van der Waals surface area contributed by atoms with E-state index >= 15 is 0 Å². The molecule has 0 amide bonds. The number of hydrogen-bond acceptors (Lipinski definition) is 1. The third-order valence-electron chi connectivity index (χ3n) is 4.65. The topological polar surface area (TPSA) is 51.8 Å². The minimum Gasteiger partial charge on any atom is -0.508 e. The van der Waals surface area contributed by atoms with Crippen LogP contribution in [0.3, 0.4) is 0 Å². The van der Waals surface area contributed by atoms with Gasteiger partial charge in [-0.25, -0.2) is 0 Å². The lowest BCUT2D eigenvalue weighted by Gasteiger charge is -2.09. The number of nitrogens with one attached hydrogen (secondary N) is 2. The molecule has 5 aromatic rings. The maximum atomic E-state index is 9.88. The molecule has 0 saturated carbocycles. The van der Waals surface area contributed by atoms with Gasteiger partial charge in [-0.2, -0.15) is 0 Å². The van der Waals surface area contributed by atoms with Gasteiger partial charge >= 0.3 is 0 Å². The fourth-order valence-corrected chi connectivity index (χ4v) is 3.95. The SMILES string of the molecule is Oc1ccc2[nH]c3cc(-c4cccc(Cl)c4Cl)c4c[nH]cc4c3c2c1. The molecule has 25 heavy (non-hydrogen) atoms. The van der Waals surface area contributed by atoms with Gasteiger partial charge in [0.25, 0.3) is 0 Å². The Labute approximate surface area is 152 Å². The van der Waals surface area contributed by atoms with Crippen LogP contribution >= 0.6 is 23.2 Å². The van der Waals surface area contributed by atoms with Gasteiger partial charge in [-0.3, -0.25) is 0 Å². The first-order valence-electron chi connectivity index (χ1n) is 7.82. The van der Waals surface area contributed by atoms with E-state index in [0.717, 1.165) is 43.7 Å². The number of aromatic hydroxyl groups is 1. The lowest BCUT2D eigenvalue weighted by atomic mass is 9.97. The minimum absolute atomic E-state index is 0.249. The number of rotatable bonds is 1. The number of phenolic OH excluding ortho intramolecular Hbond substituents is 1. The molecule has 0 fully saturated rings. The zero-order chi connectivity index (χ0) is 17.1. The highest BCUT2D eigenvalue weighted by molar-refractivity contribution is 6.44. The van der Waals surface area contributed by atoms with Gasteiger partial charge in [0.2, 0.25) is 0 Å². The molecule has 0 spiro atoms. The van der Waals surface area contributed by atoms with Gasteiger partial charge < -0.3 is 15.1 Å². The number of phenols is 1. The zero-order valence-electron chi connectivity index (χ0n) is 12.9. The molecule has 3 N–H and O–H groups in total. The van der Waals surface area contributed by atoms with Crippen LogP contribution in [0.2, 0.25) is 10.0 Å². The number of benzene rings is 3. The third-order valence-corrected chi connectivity index (χ3v) is 5.47. The third kappa shape index (κ3) is 2.06. The van der Waals surface area contributed by atoms with Crippen molar-refractivity contribution in [1.82, 2.24) is 9.97 Å². The maximum Gasteiger partial charge on any atom is 0.116 e. The number of aromatic nitrogens is 2. The Balaban J connectivity index is 1.97. The summed E-state index contributed by atoms with van der Waals surface area (Å²) in [6, 6.07) is 13.1. The van der Waals surface area contributed by atoms with Crippen LogP contribution in [0.1, 0.15) is 0 Å². The van der Waals surface area contributed by atoms with Crippen LogP contribution in [0.25, 0.3) is 43.7 Å². The van der Waals surface area contributed by atoms with E-state index in [1.54, 1.807) is 18.2 Å². The Morgan fingerprint density at radius 1 is 0.800 bits per heavy atom. The molecular weight excluding hydrogens is 355 g/mol. The van der Waals surface area contributed by atoms with Crippen LogP contribution in [0.4, 0.5) is 0 Å². The van der Waals surface area contributed by atoms with Gasteiger partial charge in [0.05, 0.1) is 10.0 Å². The highest BCUT2D eigenvalue weighted by Crippen LogP contribution is 2.42. The molecule has 0 atom stereocenters. The predicted octanol–water partition coefficient (Wildman–Crippen LogP) is 6.48. The lowest BCUT2D eigenvalue weighted by Crippen LogP contribution is -1.83. The van der Waals surface area contributed by atoms with Crippen molar-refractivity contribution in [2.45, 2.75) is 0 Å². The summed E-state index contributed by atoms with van der Waals surface area (Å²) in [5.74, 6) is 0.249. The first-order chi connectivity index (χ1) is 12.1. The van der Waals surface area contributed by atoms with E-state index in [-0.39, 0.29) is 5.75 Å². The van der Waals surface area contributed by atoms with Crippen molar-refractivity contribution in [2.75, 3.05) is 0 Å². The van der Waals surface area contributed by atoms with E-state index in [4.69, 9.17) is 23.2 Å². The summed E-state index contributed by atoms with van der Waals surface area (Å²) in [7, 11) is 0. The quantitative estimate of drug-likeness (QED) is 0.312. The molecule has 0 bridgehead atoms. The summed E-state index contributed by atoms with van der Waals surface area (Å²) in [4.78, 5) is 6.62. The molecule has 0 aliphatic carbocycles. The molecule has 122 valence electrons. The van der Waals surface area contributed by atoms with Crippen LogP contribution < -0.4 is 0 Å². The minimum atomic E-state index is 0.249. The normalized spacial score (nSPS) is 11.8. The molecule has 0 aliphatic rings. The molecule has 3 aromatic carbocycles. The standard InChI is InChI=1S/C20H12Cl2N2O/c21-16-3-1-2-11(20(16)22)12-7-18-19(15-9-23-8-14(12)15)13-6-10(25)4-5-17(13)24-18/h1-9,23-25H. The summed E-state index contributed by atoms with van der Waals surface area (Å²) in [5, 5.41) is 15.1. The Hall–Kier alpha value is -2.62. The molecular formula is C20H12Cl2N2O. The average Bonchev–Trinajstić information content (AvgIpc) is 3.20. The van der Waals surface area contributed by atoms with Crippen LogP contribution in [0.5, 0.6) is 5.75 Å². The molecule has 5 heteroatoms. The maximum absolute atomic E-state index is 9.88. The van der Waals surface area contributed by atoms with Crippen molar-refractivity contribution in [1.29, 1.82) is 0 Å². The predicted molar refractivity (Wildman–Crippen MR) is 105 cm³/mol. The zero-order valence-corrected chi connectivity index (χ0v) is 14.4. The second-order valence-corrected chi connectivity index (χ2v) is 6.87. The second-order valence-electron chi connectivity index (χ2n) is 6.09. The van der Waals surface area contributed by atoms with Crippen molar-refractivity contribution < 1.29 is 5.11 Å². The van der Waals surface area contributed by atoms with Crippen molar-refractivity contribution in [3.63, 3.8) is 0 Å². The van der Waals surface area contributed by atoms with E-state index < -0.39 is 0 Å². The van der Waals surface area contributed by atoms with Crippen LogP contribution in [-0.4, -0.2) is 15.1 Å². The molecule has 2 aromatic heterocycles. The summed E-state index contributed by atoms with van der Waals surface area (Å²) in [6.45, 7) is 0. The molecule has 0 saturated heterocycles. The Morgan fingerprint density at radius 2 is 1.64 bits per heavy atom. The molecule has 0 radical (unpaired) electrons. The molecule has 0 aliphatic heterocycles. The first-order valence-corrected chi connectivity index (χ1v) is 8.57. The number of fused-ring (bicyclic) bond motifs is 5. The first kappa shape index (κ1) is 14.7. The van der Waals surface area contributed by atoms with Gasteiger partial charge in [0, 0.05) is 50.5 Å². The van der Waals surface area contributed by atoms with Crippen LogP contribution in [0.15, 0.2) is 54.9 Å². The van der Waals surface area contributed by atoms with Crippen molar-refractivity contribution in [3.05, 3.63) is 64.9 Å². The van der Waals surface area contributed by atoms with Crippen LogP contribution in [0, 0.1) is 0 Å². The van der Waals surface area contributed by atoms with Crippen molar-refractivity contribution >= 4 is 55.8 Å². The van der Waals surface area contributed by atoms with E-state index in [1.165, 1.54) is 0 Å². The van der Waals surface area contributed by atoms with E-state index in [2.05, 4.69) is 16.0 Å². The largest absolute Gasteiger partial charge is 0.508 e. The number of aromatic amines is 2. The number of hydrogen-bond donors (Lipinski definition) is 3. The van der Waals surface area contributed by atoms with Gasteiger partial charge in [-0.15, -0.1) is 0 Å². The smallest absolute Gasteiger partial charge is 0.116 e. The van der Waals surface area contributed by atoms with Crippen LogP contribution in [-0.2, 0) is 0 Å². The molecule has 2 heterocycles. The number of H-pyrrole nitrogens is 2. The summed E-state index contributed by atoms with van der Waals surface area (Å²) in [5.41, 5.74) is 3.86. The Kier molecular flexibility index (Phi) is 3.05. The summed E-state index contributed by atoms with van der Waals surface area (Å²) >= 11 is 12.7. The number of halogens is 2. The molecule has 0 unspecified atom stereocenters. The van der Waals surface area contributed by atoms with Crippen molar-refractivity contribution in [2.24, 2.45) is 0 Å². The van der Waals surface area contributed by atoms with E-state index in [9.17, 15) is 5.11 Å². The monoisotopic (exact) mass is 366 g/mol. The molecule has 5 rings (SSSR count). The lowest BCUT2D eigenvalue weighted by molar-refractivity contribution is 0.476. The van der Waals surface area contributed by atoms with Gasteiger partial charge in [-0.05, 0) is 35.9 Å². The summed E-state index contributed by atoms with van der Waals surface area (Å²) < 4.78 is 0. The van der Waals surface area contributed by atoms with Crippen molar-refractivity contribution in [3.8, 4) is 16.9 Å². The van der Waals surface area contributed by atoms with Gasteiger partial charge in [0.1, 0.15) is 5.75 Å². The Morgan fingerprint density at radius 3 is 2.52 bits per heavy atom. The highest BCUT2D eigenvalue weighted by Gasteiger charge is 2.16. The van der Waals surface area contributed by atoms with E-state index in [0.29, 0.717) is 10.0 Å². The Bertz CT molecular complexity index is 1280.